The Hall–Kier alpha value is -2.16. The van der Waals surface area contributed by atoms with Gasteiger partial charge >= 0.3 is 0 Å². The average Bonchev–Trinajstić information content (AvgIpc) is 2.77. The van der Waals surface area contributed by atoms with E-state index in [2.05, 4.69) is 10.2 Å². The standard InChI is InChI=1S/C10H10F2N4O2S/c1-5-8(4-14-15-5)19(17,18)16-10-7(13)3-2-6(11)9(10)12/h2-4,16H,13H2,1H3,(H,14,15). The van der Waals surface area contributed by atoms with E-state index in [1.54, 1.807) is 0 Å². The van der Waals surface area contributed by atoms with Crippen LogP contribution >= 0.6 is 0 Å². The van der Waals surface area contributed by atoms with Crippen molar-refractivity contribution in [1.82, 2.24) is 10.2 Å². The fraction of sp³-hybridized carbons (Fsp3) is 0.100. The second kappa shape index (κ2) is 4.50. The van der Waals surface area contributed by atoms with Crippen molar-refractivity contribution in [3.05, 3.63) is 35.7 Å². The number of H-pyrrole nitrogens is 1. The Labute approximate surface area is 107 Å². The first-order valence-corrected chi connectivity index (χ1v) is 6.57. The van der Waals surface area contributed by atoms with Crippen LogP contribution in [0.1, 0.15) is 5.69 Å². The number of nitrogens with zero attached hydrogens (tertiary/aromatic N) is 1. The van der Waals surface area contributed by atoms with Gasteiger partial charge in [0.05, 0.1) is 17.6 Å². The number of rotatable bonds is 3. The number of halogens is 2. The Bertz CT molecular complexity index is 727. The van der Waals surface area contributed by atoms with Crippen molar-refractivity contribution in [2.45, 2.75) is 11.8 Å². The monoisotopic (exact) mass is 288 g/mol. The molecule has 0 saturated carbocycles. The SMILES string of the molecule is Cc1[nH]ncc1S(=O)(=O)Nc1c(N)ccc(F)c1F. The third kappa shape index (κ3) is 2.36. The molecule has 1 heterocycles. The highest BCUT2D eigenvalue weighted by atomic mass is 32.2. The number of aryl methyl sites for hydroxylation is 1. The predicted octanol–water partition coefficient (Wildman–Crippen LogP) is 1.38. The number of aromatic nitrogens is 2. The predicted molar refractivity (Wildman–Crippen MR) is 64.9 cm³/mol. The average molecular weight is 288 g/mol. The Morgan fingerprint density at radius 3 is 2.63 bits per heavy atom. The summed E-state index contributed by atoms with van der Waals surface area (Å²) in [6.45, 7) is 1.48. The molecule has 0 unspecified atom stereocenters. The van der Waals surface area contributed by atoms with Crippen LogP contribution in [0.4, 0.5) is 20.2 Å². The van der Waals surface area contributed by atoms with E-state index in [9.17, 15) is 17.2 Å². The topological polar surface area (TPSA) is 101 Å². The van der Waals surface area contributed by atoms with Gasteiger partial charge in [0.2, 0.25) is 0 Å². The minimum absolute atomic E-state index is 0.171. The molecule has 0 saturated heterocycles. The van der Waals surface area contributed by atoms with Gasteiger partial charge in [0.1, 0.15) is 10.6 Å². The molecule has 0 fully saturated rings. The summed E-state index contributed by atoms with van der Waals surface area (Å²) in [6.07, 6.45) is 1.06. The molecule has 2 aromatic rings. The fourth-order valence-corrected chi connectivity index (χ4v) is 2.70. The van der Waals surface area contributed by atoms with Crippen molar-refractivity contribution < 1.29 is 17.2 Å². The lowest BCUT2D eigenvalue weighted by atomic mass is 10.2. The fourth-order valence-electron chi connectivity index (χ4n) is 1.47. The Kier molecular flexibility index (Phi) is 3.14. The molecular formula is C10H10F2N4O2S. The second-order valence-corrected chi connectivity index (χ2v) is 5.44. The molecule has 1 aromatic carbocycles. The molecular weight excluding hydrogens is 278 g/mol. The molecule has 0 radical (unpaired) electrons. The molecule has 1 aromatic heterocycles. The van der Waals surface area contributed by atoms with E-state index < -0.39 is 27.3 Å². The van der Waals surface area contributed by atoms with Crippen molar-refractivity contribution in [1.29, 1.82) is 0 Å². The van der Waals surface area contributed by atoms with Gasteiger partial charge in [-0.25, -0.2) is 17.2 Å². The van der Waals surface area contributed by atoms with E-state index in [4.69, 9.17) is 5.73 Å². The first kappa shape index (κ1) is 13.3. The van der Waals surface area contributed by atoms with Gasteiger partial charge < -0.3 is 5.73 Å². The summed E-state index contributed by atoms with van der Waals surface area (Å²) in [7, 11) is -4.09. The van der Waals surface area contributed by atoms with E-state index >= 15 is 0 Å². The smallest absolute Gasteiger partial charge is 0.265 e. The highest BCUT2D eigenvalue weighted by molar-refractivity contribution is 7.92. The summed E-state index contributed by atoms with van der Waals surface area (Å²) >= 11 is 0. The molecule has 6 nitrogen and oxygen atoms in total. The van der Waals surface area contributed by atoms with E-state index in [-0.39, 0.29) is 16.3 Å². The van der Waals surface area contributed by atoms with Crippen molar-refractivity contribution in [2.75, 3.05) is 10.5 Å². The summed E-state index contributed by atoms with van der Waals surface area (Å²) in [5.41, 5.74) is 4.86. The number of nitrogen functional groups attached to an aromatic ring is 1. The quantitative estimate of drug-likeness (QED) is 0.743. The molecule has 0 amide bonds. The second-order valence-electron chi connectivity index (χ2n) is 3.79. The van der Waals surface area contributed by atoms with Crippen LogP contribution in [-0.4, -0.2) is 18.6 Å². The van der Waals surface area contributed by atoms with Crippen LogP contribution in [0.3, 0.4) is 0 Å². The zero-order valence-corrected chi connectivity index (χ0v) is 10.6. The van der Waals surface area contributed by atoms with Crippen LogP contribution in [0.15, 0.2) is 23.2 Å². The molecule has 19 heavy (non-hydrogen) atoms. The molecule has 102 valence electrons. The van der Waals surface area contributed by atoms with Gasteiger partial charge in [-0.15, -0.1) is 0 Å². The van der Waals surface area contributed by atoms with Crippen molar-refractivity contribution in [2.24, 2.45) is 0 Å². The number of hydrogen-bond donors (Lipinski definition) is 3. The van der Waals surface area contributed by atoms with Crippen LogP contribution < -0.4 is 10.5 Å². The molecule has 9 heteroatoms. The minimum atomic E-state index is -4.09. The molecule has 4 N–H and O–H groups in total. The van der Waals surface area contributed by atoms with Crippen molar-refractivity contribution >= 4 is 21.4 Å². The van der Waals surface area contributed by atoms with Crippen LogP contribution in [0.5, 0.6) is 0 Å². The number of hydrogen-bond acceptors (Lipinski definition) is 4. The van der Waals surface area contributed by atoms with Gasteiger partial charge in [0.25, 0.3) is 10.0 Å². The summed E-state index contributed by atoms with van der Waals surface area (Å²) < 4.78 is 52.5. The minimum Gasteiger partial charge on any atom is -0.397 e. The third-order valence-electron chi connectivity index (χ3n) is 2.44. The van der Waals surface area contributed by atoms with Crippen LogP contribution in [0.2, 0.25) is 0 Å². The summed E-state index contributed by atoms with van der Waals surface area (Å²) in [5, 5.41) is 5.98. The largest absolute Gasteiger partial charge is 0.397 e. The highest BCUT2D eigenvalue weighted by Gasteiger charge is 2.22. The van der Waals surface area contributed by atoms with Gasteiger partial charge in [0.15, 0.2) is 11.6 Å². The van der Waals surface area contributed by atoms with Gasteiger partial charge in [-0.05, 0) is 19.1 Å². The third-order valence-corrected chi connectivity index (χ3v) is 3.90. The highest BCUT2D eigenvalue weighted by Crippen LogP contribution is 2.27. The first-order valence-electron chi connectivity index (χ1n) is 5.09. The number of benzene rings is 1. The Balaban J connectivity index is 2.48. The molecule has 0 aliphatic carbocycles. The van der Waals surface area contributed by atoms with E-state index in [1.807, 2.05) is 4.72 Å². The van der Waals surface area contributed by atoms with Crippen LogP contribution in [0, 0.1) is 18.6 Å². The first-order chi connectivity index (χ1) is 8.83. The lowest BCUT2D eigenvalue weighted by Crippen LogP contribution is -2.16. The van der Waals surface area contributed by atoms with Crippen molar-refractivity contribution in [3.8, 4) is 0 Å². The molecule has 0 aliphatic rings. The molecule has 0 bridgehead atoms. The van der Waals surface area contributed by atoms with Crippen LogP contribution in [-0.2, 0) is 10.0 Å². The van der Waals surface area contributed by atoms with Gasteiger partial charge in [-0.2, -0.15) is 5.10 Å². The molecule has 0 atom stereocenters. The number of nitrogens with two attached hydrogens (primary N) is 1. The van der Waals surface area contributed by atoms with Crippen LogP contribution in [0.25, 0.3) is 0 Å². The Morgan fingerprint density at radius 1 is 1.37 bits per heavy atom. The maximum Gasteiger partial charge on any atom is 0.265 e. The maximum atomic E-state index is 13.5. The zero-order valence-electron chi connectivity index (χ0n) is 9.74. The van der Waals surface area contributed by atoms with E-state index in [0.717, 1.165) is 18.3 Å². The van der Waals surface area contributed by atoms with Gasteiger partial charge in [0, 0.05) is 0 Å². The molecule has 2 rings (SSSR count). The summed E-state index contributed by atoms with van der Waals surface area (Å²) in [6, 6.07) is 1.88. The number of nitrogens with one attached hydrogen (secondary N) is 2. The summed E-state index contributed by atoms with van der Waals surface area (Å²) in [5.74, 6) is -2.56. The number of aromatic amines is 1. The van der Waals surface area contributed by atoms with E-state index in [1.165, 1.54) is 6.92 Å². The zero-order chi connectivity index (χ0) is 14.2. The molecule has 0 spiro atoms. The molecule has 0 aliphatic heterocycles. The van der Waals surface area contributed by atoms with Gasteiger partial charge in [-0.1, -0.05) is 0 Å². The lowest BCUT2D eigenvalue weighted by Gasteiger charge is -2.11. The van der Waals surface area contributed by atoms with Crippen molar-refractivity contribution in [3.63, 3.8) is 0 Å². The summed E-state index contributed by atoms with van der Waals surface area (Å²) in [4.78, 5) is -0.171. The number of anilines is 2. The maximum absolute atomic E-state index is 13.5. The Morgan fingerprint density at radius 2 is 2.05 bits per heavy atom. The van der Waals surface area contributed by atoms with Gasteiger partial charge in [-0.3, -0.25) is 9.82 Å². The number of sulfonamides is 1. The lowest BCUT2D eigenvalue weighted by molar-refractivity contribution is 0.512. The van der Waals surface area contributed by atoms with E-state index in [0.29, 0.717) is 0 Å². The normalized spacial score (nSPS) is 11.5.